The molecule has 0 aliphatic heterocycles. The summed E-state index contributed by atoms with van der Waals surface area (Å²) in [5.74, 6) is 0. The lowest BCUT2D eigenvalue weighted by Crippen LogP contribution is -1.98. The minimum atomic E-state index is -0.808. The third-order valence-corrected chi connectivity index (χ3v) is 0.634. The molecule has 3 heteroatoms. The van der Waals surface area contributed by atoms with Gasteiger partial charge in [0.05, 0.1) is 0 Å². The summed E-state index contributed by atoms with van der Waals surface area (Å²) in [4.78, 5) is 18.8. The minimum Gasteiger partial charge on any atom is -0.291 e. The Hall–Kier alpha value is -0.370. The van der Waals surface area contributed by atoms with Gasteiger partial charge in [-0.2, -0.15) is 0 Å². The average Bonchev–Trinajstić information content (AvgIpc) is 1.68. The van der Waals surface area contributed by atoms with Crippen LogP contribution in [0.4, 0.5) is 0 Å². The van der Waals surface area contributed by atoms with Crippen LogP contribution >= 0.6 is 11.6 Å². The Bertz CT molecular complexity index is 72.1. The van der Waals surface area contributed by atoms with Gasteiger partial charge < -0.3 is 0 Å². The van der Waals surface area contributed by atoms with E-state index in [4.69, 9.17) is 11.6 Å². The molecular weight excluding hydrogens is 115 g/mol. The van der Waals surface area contributed by atoms with Crippen LogP contribution in [0, 0.1) is 0 Å². The molecule has 0 aromatic heterocycles. The molecule has 0 aromatic rings. The Morgan fingerprint density at radius 3 is 2.29 bits per heavy atom. The maximum atomic E-state index is 9.46. The lowest BCUT2D eigenvalue weighted by atomic mass is 10.4. The van der Waals surface area contributed by atoms with Gasteiger partial charge in [-0.05, 0) is 0 Å². The van der Waals surface area contributed by atoms with E-state index in [2.05, 4.69) is 0 Å². The summed E-state index contributed by atoms with van der Waals surface area (Å²) in [5.41, 5.74) is 0. The van der Waals surface area contributed by atoms with Crippen LogP contribution in [-0.2, 0) is 9.59 Å². The van der Waals surface area contributed by atoms with Crippen LogP contribution in [0.5, 0.6) is 0 Å². The van der Waals surface area contributed by atoms with E-state index in [1.807, 2.05) is 0 Å². The normalized spacial score (nSPS) is 12.7. The molecule has 1 unspecified atom stereocenters. The first-order valence-corrected chi connectivity index (χ1v) is 2.11. The maximum Gasteiger partial charge on any atom is 0.218 e. The Morgan fingerprint density at radius 2 is 2.14 bits per heavy atom. The zero-order valence-electron chi connectivity index (χ0n) is 3.48. The zero-order valence-corrected chi connectivity index (χ0v) is 4.23. The third kappa shape index (κ3) is 3.46. The molecule has 0 spiro atoms. The molecule has 1 atom stereocenters. The van der Waals surface area contributed by atoms with Gasteiger partial charge >= 0.3 is 0 Å². The summed E-state index contributed by atoms with van der Waals surface area (Å²) >= 11 is 5.08. The van der Waals surface area contributed by atoms with Crippen molar-refractivity contribution < 1.29 is 9.59 Å². The Labute approximate surface area is 46.5 Å². The topological polar surface area (TPSA) is 34.1 Å². The molecule has 0 bridgehead atoms. The predicted octanol–water partition coefficient (Wildman–Crippen LogP) is 0.203. The SMILES string of the molecule is O=[C]CC(Cl)[C]=O. The molecule has 0 N–H and O–H groups in total. The van der Waals surface area contributed by atoms with Gasteiger partial charge in [0.25, 0.3) is 0 Å². The Balaban J connectivity index is 3.15. The van der Waals surface area contributed by atoms with E-state index >= 15 is 0 Å². The van der Waals surface area contributed by atoms with Crippen LogP contribution in [0.25, 0.3) is 0 Å². The van der Waals surface area contributed by atoms with E-state index in [0.29, 0.717) is 0 Å². The summed E-state index contributed by atoms with van der Waals surface area (Å²) in [6.07, 6.45) is 2.83. The molecule has 0 saturated carbocycles. The van der Waals surface area contributed by atoms with Crippen LogP contribution in [0.1, 0.15) is 6.42 Å². The molecule has 7 heavy (non-hydrogen) atoms. The maximum absolute atomic E-state index is 9.46. The zero-order chi connectivity index (χ0) is 5.70. The second-order valence-corrected chi connectivity index (χ2v) is 1.46. The lowest BCUT2D eigenvalue weighted by Gasteiger charge is -1.83. The first-order chi connectivity index (χ1) is 3.31. The summed E-state index contributed by atoms with van der Waals surface area (Å²) in [6.45, 7) is 0. The molecule has 0 fully saturated rings. The largest absolute Gasteiger partial charge is 0.291 e. The van der Waals surface area contributed by atoms with E-state index in [1.165, 1.54) is 12.6 Å². The van der Waals surface area contributed by atoms with Crippen molar-refractivity contribution in [2.45, 2.75) is 11.8 Å². The molecule has 0 rings (SSSR count). The van der Waals surface area contributed by atoms with Gasteiger partial charge in [-0.15, -0.1) is 11.6 Å². The van der Waals surface area contributed by atoms with Crippen molar-refractivity contribution in [3.63, 3.8) is 0 Å². The first kappa shape index (κ1) is 6.63. The molecule has 2 nitrogen and oxygen atoms in total. The highest BCUT2D eigenvalue weighted by Gasteiger charge is 1.99. The van der Waals surface area contributed by atoms with Crippen molar-refractivity contribution in [3.05, 3.63) is 0 Å². The van der Waals surface area contributed by atoms with Crippen molar-refractivity contribution in [2.24, 2.45) is 0 Å². The van der Waals surface area contributed by atoms with E-state index in [0.717, 1.165) is 0 Å². The van der Waals surface area contributed by atoms with E-state index in [9.17, 15) is 9.59 Å². The molecule has 38 valence electrons. The summed E-state index contributed by atoms with van der Waals surface area (Å²) < 4.78 is 0. The van der Waals surface area contributed by atoms with Gasteiger partial charge in [0.2, 0.25) is 6.29 Å². The number of carbonyl (C=O) groups excluding carboxylic acids is 2. The fourth-order valence-electron chi connectivity index (χ4n) is 0.115. The highest BCUT2D eigenvalue weighted by atomic mass is 35.5. The second kappa shape index (κ2) is 3.81. The van der Waals surface area contributed by atoms with Gasteiger partial charge in [0, 0.05) is 6.42 Å². The van der Waals surface area contributed by atoms with Crippen LogP contribution in [-0.4, -0.2) is 17.9 Å². The standard InChI is InChI=1S/C4H3ClO2/c5-4(3-7)1-2-6/h4H,1H2. The van der Waals surface area contributed by atoms with Crippen LogP contribution in [0.3, 0.4) is 0 Å². The molecule has 0 aromatic carbocycles. The average molecular weight is 119 g/mol. The number of rotatable bonds is 3. The fourth-order valence-corrected chi connectivity index (χ4v) is 0.178. The Morgan fingerprint density at radius 1 is 1.57 bits per heavy atom. The van der Waals surface area contributed by atoms with Crippen molar-refractivity contribution in [3.8, 4) is 0 Å². The molecule has 0 heterocycles. The van der Waals surface area contributed by atoms with Gasteiger partial charge in [-0.25, -0.2) is 0 Å². The third-order valence-electron chi connectivity index (χ3n) is 0.390. The number of halogens is 1. The first-order valence-electron chi connectivity index (χ1n) is 1.68. The molecule has 0 amide bonds. The fraction of sp³-hybridized carbons (Fsp3) is 0.500. The molecule has 2 radical (unpaired) electrons. The predicted molar refractivity (Wildman–Crippen MR) is 25.6 cm³/mol. The van der Waals surface area contributed by atoms with Gasteiger partial charge in [0.15, 0.2) is 6.29 Å². The van der Waals surface area contributed by atoms with E-state index in [1.54, 1.807) is 0 Å². The van der Waals surface area contributed by atoms with E-state index < -0.39 is 5.38 Å². The highest BCUT2D eigenvalue weighted by molar-refractivity contribution is 6.28. The number of alkyl halides is 1. The monoisotopic (exact) mass is 118 g/mol. The molecule has 0 aliphatic rings. The lowest BCUT2D eigenvalue weighted by molar-refractivity contribution is 0.541. The van der Waals surface area contributed by atoms with Crippen molar-refractivity contribution >= 4 is 24.2 Å². The van der Waals surface area contributed by atoms with Gasteiger partial charge in [-0.1, -0.05) is 0 Å². The quantitative estimate of drug-likeness (QED) is 0.497. The summed E-state index contributed by atoms with van der Waals surface area (Å²) in [6, 6.07) is 0. The highest BCUT2D eigenvalue weighted by Crippen LogP contribution is 1.92. The smallest absolute Gasteiger partial charge is 0.218 e. The number of hydrogen-bond donors (Lipinski definition) is 0. The molecule has 0 aliphatic carbocycles. The van der Waals surface area contributed by atoms with Crippen molar-refractivity contribution in [1.82, 2.24) is 0 Å². The van der Waals surface area contributed by atoms with Gasteiger partial charge in [-0.3, -0.25) is 9.59 Å². The number of hydrogen-bond acceptors (Lipinski definition) is 2. The van der Waals surface area contributed by atoms with Crippen molar-refractivity contribution in [1.29, 1.82) is 0 Å². The van der Waals surface area contributed by atoms with E-state index in [-0.39, 0.29) is 6.42 Å². The van der Waals surface area contributed by atoms with Crippen LogP contribution < -0.4 is 0 Å². The van der Waals surface area contributed by atoms with Crippen LogP contribution in [0.2, 0.25) is 0 Å². The second-order valence-electron chi connectivity index (χ2n) is 0.934. The Kier molecular flexibility index (Phi) is 3.61. The summed E-state index contributed by atoms with van der Waals surface area (Å²) in [7, 11) is 0. The minimum absolute atomic E-state index is 0.0644. The van der Waals surface area contributed by atoms with Gasteiger partial charge in [0.1, 0.15) is 5.38 Å². The van der Waals surface area contributed by atoms with Crippen molar-refractivity contribution in [2.75, 3.05) is 0 Å². The molecular formula is C4H3ClO2. The summed E-state index contributed by atoms with van der Waals surface area (Å²) in [5, 5.41) is -0.808. The molecule has 0 saturated heterocycles. The van der Waals surface area contributed by atoms with Crippen LogP contribution in [0.15, 0.2) is 0 Å².